The molecule has 0 N–H and O–H groups in total. The summed E-state index contributed by atoms with van der Waals surface area (Å²) < 4.78 is 0. The lowest BCUT2D eigenvalue weighted by Crippen LogP contribution is -2.37. The minimum absolute atomic E-state index is 0.839. The van der Waals surface area contributed by atoms with Crippen LogP contribution in [0.25, 0.3) is 0 Å². The largest absolute Gasteiger partial charge is 0.306 e. The second-order valence-electron chi connectivity index (χ2n) is 4.43. The predicted molar refractivity (Wildman–Crippen MR) is 49.7 cm³/mol. The van der Waals surface area contributed by atoms with E-state index in [0.29, 0.717) is 0 Å². The van der Waals surface area contributed by atoms with Crippen LogP contribution in [-0.4, -0.2) is 25.0 Å². The van der Waals surface area contributed by atoms with Crippen LogP contribution in [0.5, 0.6) is 0 Å². The van der Waals surface area contributed by atoms with E-state index in [0.717, 1.165) is 17.9 Å². The molecule has 1 heteroatoms. The van der Waals surface area contributed by atoms with Gasteiger partial charge >= 0.3 is 0 Å². The molecule has 0 saturated heterocycles. The van der Waals surface area contributed by atoms with Crippen LogP contribution in [0.2, 0.25) is 0 Å². The van der Waals surface area contributed by atoms with Crippen molar-refractivity contribution in [1.82, 2.24) is 4.90 Å². The lowest BCUT2D eigenvalue weighted by molar-refractivity contribution is 0.139. The SMILES string of the molecule is C[C@@H]1CC[C@H](N(C)C)[C@H](C)C1. The number of hydrogen-bond donors (Lipinski definition) is 0. The van der Waals surface area contributed by atoms with Crippen molar-refractivity contribution in [3.8, 4) is 0 Å². The molecule has 1 aliphatic carbocycles. The Hall–Kier alpha value is -0.0400. The first kappa shape index (κ1) is 9.05. The Kier molecular flexibility index (Phi) is 2.94. The van der Waals surface area contributed by atoms with Gasteiger partial charge in [-0.1, -0.05) is 13.8 Å². The molecule has 0 aromatic carbocycles. The highest BCUT2D eigenvalue weighted by Crippen LogP contribution is 2.30. The van der Waals surface area contributed by atoms with Gasteiger partial charge in [0.1, 0.15) is 0 Å². The van der Waals surface area contributed by atoms with E-state index in [1.165, 1.54) is 19.3 Å². The van der Waals surface area contributed by atoms with Gasteiger partial charge in [0.25, 0.3) is 0 Å². The van der Waals surface area contributed by atoms with Crippen molar-refractivity contribution >= 4 is 0 Å². The zero-order valence-electron chi connectivity index (χ0n) is 8.30. The molecule has 11 heavy (non-hydrogen) atoms. The summed E-state index contributed by atoms with van der Waals surface area (Å²) in [4.78, 5) is 2.39. The third-order valence-electron chi connectivity index (χ3n) is 3.05. The molecule has 0 unspecified atom stereocenters. The van der Waals surface area contributed by atoms with Gasteiger partial charge in [0.2, 0.25) is 0 Å². The van der Waals surface area contributed by atoms with Crippen molar-refractivity contribution in [3.05, 3.63) is 0 Å². The van der Waals surface area contributed by atoms with Gasteiger partial charge in [-0.3, -0.25) is 0 Å². The van der Waals surface area contributed by atoms with Gasteiger partial charge in [0.15, 0.2) is 0 Å². The minimum atomic E-state index is 0.839. The van der Waals surface area contributed by atoms with E-state index in [2.05, 4.69) is 32.8 Å². The van der Waals surface area contributed by atoms with Gasteiger partial charge in [-0.2, -0.15) is 0 Å². The molecule has 1 nitrogen and oxygen atoms in total. The Bertz CT molecular complexity index is 120. The second kappa shape index (κ2) is 3.57. The number of nitrogens with zero attached hydrogens (tertiary/aromatic N) is 1. The van der Waals surface area contributed by atoms with Crippen LogP contribution in [0.3, 0.4) is 0 Å². The Morgan fingerprint density at radius 3 is 2.18 bits per heavy atom. The zero-order chi connectivity index (χ0) is 8.43. The number of rotatable bonds is 1. The van der Waals surface area contributed by atoms with Crippen molar-refractivity contribution in [2.45, 2.75) is 39.2 Å². The summed E-state index contributed by atoms with van der Waals surface area (Å²) in [6.07, 6.45) is 4.24. The van der Waals surface area contributed by atoms with Crippen molar-refractivity contribution in [1.29, 1.82) is 0 Å². The van der Waals surface area contributed by atoms with Gasteiger partial charge in [-0.15, -0.1) is 0 Å². The summed E-state index contributed by atoms with van der Waals surface area (Å²) in [5.74, 6) is 1.86. The van der Waals surface area contributed by atoms with Crippen molar-refractivity contribution < 1.29 is 0 Å². The molecule has 0 amide bonds. The summed E-state index contributed by atoms with van der Waals surface area (Å²) in [5, 5.41) is 0. The molecule has 1 saturated carbocycles. The lowest BCUT2D eigenvalue weighted by Gasteiger charge is -2.36. The van der Waals surface area contributed by atoms with Gasteiger partial charge in [-0.25, -0.2) is 0 Å². The molecule has 1 fully saturated rings. The average Bonchev–Trinajstić information content (AvgIpc) is 1.85. The van der Waals surface area contributed by atoms with Crippen LogP contribution < -0.4 is 0 Å². The Morgan fingerprint density at radius 1 is 1.09 bits per heavy atom. The molecule has 0 aromatic heterocycles. The summed E-state index contributed by atoms with van der Waals surface area (Å²) in [6, 6.07) is 0.839. The molecule has 66 valence electrons. The maximum atomic E-state index is 2.39. The monoisotopic (exact) mass is 155 g/mol. The van der Waals surface area contributed by atoms with Crippen molar-refractivity contribution in [2.24, 2.45) is 11.8 Å². The van der Waals surface area contributed by atoms with E-state index in [1.54, 1.807) is 0 Å². The predicted octanol–water partition coefficient (Wildman–Crippen LogP) is 2.37. The van der Waals surface area contributed by atoms with E-state index < -0.39 is 0 Å². The Morgan fingerprint density at radius 2 is 1.73 bits per heavy atom. The average molecular weight is 155 g/mol. The fourth-order valence-corrected chi connectivity index (χ4v) is 2.42. The Labute approximate surface area is 70.8 Å². The first-order chi connectivity index (χ1) is 5.11. The van der Waals surface area contributed by atoms with Crippen LogP contribution in [0.15, 0.2) is 0 Å². The summed E-state index contributed by atoms with van der Waals surface area (Å²) in [7, 11) is 4.41. The van der Waals surface area contributed by atoms with Gasteiger partial charge in [-0.05, 0) is 45.2 Å². The van der Waals surface area contributed by atoms with Crippen LogP contribution in [0.4, 0.5) is 0 Å². The molecular formula is C10H21N. The van der Waals surface area contributed by atoms with E-state index in [1.807, 2.05) is 0 Å². The number of hydrogen-bond acceptors (Lipinski definition) is 1. The van der Waals surface area contributed by atoms with Gasteiger partial charge in [0, 0.05) is 6.04 Å². The molecular weight excluding hydrogens is 134 g/mol. The molecule has 0 radical (unpaired) electrons. The first-order valence-electron chi connectivity index (χ1n) is 4.77. The fraction of sp³-hybridized carbons (Fsp3) is 1.00. The molecule has 0 aliphatic heterocycles. The molecule has 1 rings (SSSR count). The molecule has 0 heterocycles. The third kappa shape index (κ3) is 2.19. The first-order valence-corrected chi connectivity index (χ1v) is 4.77. The maximum Gasteiger partial charge on any atom is 0.0115 e. The fourth-order valence-electron chi connectivity index (χ4n) is 2.42. The summed E-state index contributed by atoms with van der Waals surface area (Å²) in [6.45, 7) is 4.77. The van der Waals surface area contributed by atoms with E-state index in [4.69, 9.17) is 0 Å². The quantitative estimate of drug-likeness (QED) is 0.562. The second-order valence-corrected chi connectivity index (χ2v) is 4.43. The normalized spacial score (nSPS) is 39.5. The molecule has 0 aromatic rings. The lowest BCUT2D eigenvalue weighted by atomic mass is 9.79. The highest BCUT2D eigenvalue weighted by Gasteiger charge is 2.26. The van der Waals surface area contributed by atoms with Crippen LogP contribution in [0.1, 0.15) is 33.1 Å². The molecule has 0 bridgehead atoms. The van der Waals surface area contributed by atoms with Crippen LogP contribution in [0, 0.1) is 11.8 Å². The van der Waals surface area contributed by atoms with Crippen molar-refractivity contribution in [3.63, 3.8) is 0 Å². The summed E-state index contributed by atoms with van der Waals surface area (Å²) >= 11 is 0. The van der Waals surface area contributed by atoms with E-state index in [9.17, 15) is 0 Å². The molecule has 0 spiro atoms. The molecule has 1 aliphatic rings. The van der Waals surface area contributed by atoms with E-state index in [-0.39, 0.29) is 0 Å². The maximum absolute atomic E-state index is 2.39. The summed E-state index contributed by atoms with van der Waals surface area (Å²) in [5.41, 5.74) is 0. The van der Waals surface area contributed by atoms with E-state index >= 15 is 0 Å². The third-order valence-corrected chi connectivity index (χ3v) is 3.05. The van der Waals surface area contributed by atoms with Gasteiger partial charge in [0.05, 0.1) is 0 Å². The topological polar surface area (TPSA) is 3.24 Å². The smallest absolute Gasteiger partial charge is 0.0115 e. The zero-order valence-corrected chi connectivity index (χ0v) is 8.30. The van der Waals surface area contributed by atoms with Gasteiger partial charge < -0.3 is 4.90 Å². The highest BCUT2D eigenvalue weighted by molar-refractivity contribution is 4.80. The van der Waals surface area contributed by atoms with Crippen LogP contribution >= 0.6 is 0 Å². The molecule has 3 atom stereocenters. The van der Waals surface area contributed by atoms with Crippen LogP contribution in [-0.2, 0) is 0 Å². The Balaban J connectivity index is 2.44. The highest BCUT2D eigenvalue weighted by atomic mass is 15.1. The minimum Gasteiger partial charge on any atom is -0.306 e. The van der Waals surface area contributed by atoms with Crippen molar-refractivity contribution in [2.75, 3.05) is 14.1 Å². The standard InChI is InChI=1S/C10H21N/c1-8-5-6-10(11(3)4)9(2)7-8/h8-10H,5-7H2,1-4H3/t8-,9-,10+/m1/s1.